The Morgan fingerprint density at radius 2 is 0.935 bits per heavy atom. The summed E-state index contributed by atoms with van der Waals surface area (Å²) in [5.41, 5.74) is 14.4. The molecule has 6 N–H and O–H groups in total. The Morgan fingerprint density at radius 3 is 1.22 bits per heavy atom. The second-order valence-corrected chi connectivity index (χ2v) is 11.4. The molecule has 4 rings (SSSR count). The minimum Gasteiger partial charge on any atom is -0.493 e. The molecule has 0 heterocycles. The summed E-state index contributed by atoms with van der Waals surface area (Å²) in [6, 6.07) is 12.1. The van der Waals surface area contributed by atoms with Crippen LogP contribution in [0.5, 0.6) is 23.0 Å². The van der Waals surface area contributed by atoms with Gasteiger partial charge in [0.15, 0.2) is 23.0 Å². The summed E-state index contributed by atoms with van der Waals surface area (Å²) in [6.07, 6.45) is 9.39. The van der Waals surface area contributed by atoms with Gasteiger partial charge in [0.1, 0.15) is 0 Å². The first-order valence-electron chi connectivity index (χ1n) is 15.7. The number of benzene rings is 2. The molecule has 2 aliphatic carbocycles. The number of hydrogen-bond donors (Lipinski definition) is 4. The number of methoxy groups -OCH3 is 4. The number of rotatable bonds is 10. The molecule has 0 amide bonds. The van der Waals surface area contributed by atoms with Gasteiger partial charge in [-0.15, -0.1) is 0 Å². The van der Waals surface area contributed by atoms with Gasteiger partial charge in [0, 0.05) is 12.1 Å². The van der Waals surface area contributed by atoms with E-state index in [9.17, 15) is 0 Å². The molecule has 2 aromatic carbocycles. The molecule has 2 saturated carbocycles. The maximum atomic E-state index is 9.10. The van der Waals surface area contributed by atoms with Crippen LogP contribution in [-0.4, -0.2) is 74.9 Å². The van der Waals surface area contributed by atoms with Crippen LogP contribution in [0.3, 0.4) is 0 Å². The predicted octanol–water partition coefficient (Wildman–Crippen LogP) is 5.26. The first kappa shape index (κ1) is 38.6. The first-order chi connectivity index (χ1) is 21.9. The first-order valence-corrected chi connectivity index (χ1v) is 15.7. The fourth-order valence-electron chi connectivity index (χ4n) is 5.48. The standard InChI is InChI=1S/2C16H25NO3.C2H2O4/c2*1-11(20-14-7-5-4-6-13(14)17)12-8-9-15(18-2)16(10-12)19-3;3-1(4)2(5)6/h2*8-11,13-14H,4-7,17H2,1-3H3;(H,3,4)(H,5,6). The van der Waals surface area contributed by atoms with E-state index >= 15 is 0 Å². The fourth-order valence-corrected chi connectivity index (χ4v) is 5.48. The second-order valence-electron chi connectivity index (χ2n) is 11.4. The highest BCUT2D eigenvalue weighted by atomic mass is 16.5. The van der Waals surface area contributed by atoms with Gasteiger partial charge in [0.2, 0.25) is 0 Å². The topological polar surface area (TPSA) is 182 Å². The Labute approximate surface area is 272 Å². The van der Waals surface area contributed by atoms with Crippen molar-refractivity contribution in [2.24, 2.45) is 11.5 Å². The molecule has 12 heteroatoms. The molecule has 6 atom stereocenters. The minimum atomic E-state index is -1.82. The summed E-state index contributed by atoms with van der Waals surface area (Å²) in [7, 11) is 6.56. The van der Waals surface area contributed by atoms with Gasteiger partial charge >= 0.3 is 11.9 Å². The average molecular weight is 649 g/mol. The van der Waals surface area contributed by atoms with E-state index in [0.29, 0.717) is 0 Å². The Kier molecular flexibility index (Phi) is 16.6. The van der Waals surface area contributed by atoms with E-state index in [1.165, 1.54) is 25.7 Å². The molecule has 258 valence electrons. The molecule has 2 aromatic rings. The number of carboxylic acid groups (broad SMARTS) is 2. The Balaban J connectivity index is 0.000000273. The van der Waals surface area contributed by atoms with Crippen molar-refractivity contribution in [3.05, 3.63) is 47.5 Å². The third-order valence-corrected chi connectivity index (χ3v) is 8.20. The maximum Gasteiger partial charge on any atom is 0.414 e. The summed E-state index contributed by atoms with van der Waals surface area (Å²) in [6.45, 7) is 4.12. The fraction of sp³-hybridized carbons (Fsp3) is 0.588. The zero-order chi connectivity index (χ0) is 34.2. The van der Waals surface area contributed by atoms with E-state index < -0.39 is 11.9 Å². The zero-order valence-electron chi connectivity index (χ0n) is 27.9. The summed E-state index contributed by atoms with van der Waals surface area (Å²) in [5, 5.41) is 14.8. The average Bonchev–Trinajstić information content (AvgIpc) is 3.06. The molecule has 12 nitrogen and oxygen atoms in total. The van der Waals surface area contributed by atoms with Crippen molar-refractivity contribution >= 4 is 11.9 Å². The monoisotopic (exact) mass is 648 g/mol. The van der Waals surface area contributed by atoms with Crippen molar-refractivity contribution in [3.63, 3.8) is 0 Å². The van der Waals surface area contributed by atoms with Crippen LogP contribution >= 0.6 is 0 Å². The van der Waals surface area contributed by atoms with Gasteiger partial charge in [-0.2, -0.15) is 0 Å². The molecule has 2 aliphatic rings. The summed E-state index contributed by atoms with van der Waals surface area (Å²) in [5.74, 6) is -0.720. The summed E-state index contributed by atoms with van der Waals surface area (Å²) < 4.78 is 33.5. The van der Waals surface area contributed by atoms with Gasteiger partial charge in [0.25, 0.3) is 0 Å². The number of hydrogen-bond acceptors (Lipinski definition) is 10. The predicted molar refractivity (Wildman–Crippen MR) is 174 cm³/mol. The van der Waals surface area contributed by atoms with Gasteiger partial charge in [-0.05, 0) is 74.9 Å². The Morgan fingerprint density at radius 1 is 0.609 bits per heavy atom. The van der Waals surface area contributed by atoms with Gasteiger partial charge < -0.3 is 50.1 Å². The molecule has 0 aromatic heterocycles. The Bertz CT molecular complexity index is 1130. The number of nitrogens with two attached hydrogens (primary N) is 2. The molecule has 0 saturated heterocycles. The third-order valence-electron chi connectivity index (χ3n) is 8.20. The molecule has 2 fully saturated rings. The van der Waals surface area contributed by atoms with Crippen LogP contribution in [0.4, 0.5) is 0 Å². The van der Waals surface area contributed by atoms with Crippen molar-refractivity contribution in [1.29, 1.82) is 0 Å². The lowest BCUT2D eigenvalue weighted by molar-refractivity contribution is -0.159. The highest BCUT2D eigenvalue weighted by Gasteiger charge is 2.26. The van der Waals surface area contributed by atoms with Gasteiger partial charge in [-0.1, -0.05) is 37.8 Å². The van der Waals surface area contributed by atoms with E-state index in [2.05, 4.69) is 13.8 Å². The van der Waals surface area contributed by atoms with E-state index in [-0.39, 0.29) is 36.5 Å². The number of carboxylic acids is 2. The minimum absolute atomic E-state index is 0.00366. The van der Waals surface area contributed by atoms with E-state index in [0.717, 1.165) is 59.8 Å². The van der Waals surface area contributed by atoms with E-state index in [1.54, 1.807) is 28.4 Å². The van der Waals surface area contributed by atoms with Crippen molar-refractivity contribution in [2.45, 2.75) is 102 Å². The van der Waals surface area contributed by atoms with Crippen LogP contribution in [0.15, 0.2) is 36.4 Å². The van der Waals surface area contributed by atoms with E-state index in [1.807, 2.05) is 36.4 Å². The third kappa shape index (κ3) is 12.0. The van der Waals surface area contributed by atoms with Crippen molar-refractivity contribution in [3.8, 4) is 23.0 Å². The molecule has 6 unspecified atom stereocenters. The van der Waals surface area contributed by atoms with Crippen molar-refractivity contribution in [1.82, 2.24) is 0 Å². The molecule has 0 bridgehead atoms. The quantitative estimate of drug-likeness (QED) is 0.246. The lowest BCUT2D eigenvalue weighted by Crippen LogP contribution is -2.39. The zero-order valence-corrected chi connectivity index (χ0v) is 27.9. The molecule has 0 radical (unpaired) electrons. The van der Waals surface area contributed by atoms with Crippen LogP contribution in [0.2, 0.25) is 0 Å². The van der Waals surface area contributed by atoms with Gasteiger partial charge in [-0.3, -0.25) is 0 Å². The highest BCUT2D eigenvalue weighted by Crippen LogP contribution is 2.34. The number of aliphatic carboxylic acids is 2. The lowest BCUT2D eigenvalue weighted by Gasteiger charge is -2.31. The highest BCUT2D eigenvalue weighted by molar-refractivity contribution is 6.27. The number of ether oxygens (including phenoxy) is 6. The van der Waals surface area contributed by atoms with Crippen molar-refractivity contribution in [2.75, 3.05) is 28.4 Å². The summed E-state index contributed by atoms with van der Waals surface area (Å²) >= 11 is 0. The summed E-state index contributed by atoms with van der Waals surface area (Å²) in [4.78, 5) is 18.2. The van der Waals surface area contributed by atoms with Gasteiger partial charge in [0.05, 0.1) is 52.9 Å². The van der Waals surface area contributed by atoms with Crippen LogP contribution in [0.25, 0.3) is 0 Å². The number of carbonyl (C=O) groups is 2. The SMILES string of the molecule is COc1ccc(C(C)OC2CCCCC2N)cc1OC.COc1ccc(C(C)OC2CCCCC2N)cc1OC.O=C(O)C(=O)O. The van der Waals surface area contributed by atoms with Gasteiger partial charge in [-0.25, -0.2) is 9.59 Å². The molecular formula is C34H52N2O10. The van der Waals surface area contributed by atoms with E-state index in [4.69, 9.17) is 59.7 Å². The Hall–Kier alpha value is -3.58. The second kappa shape index (κ2) is 19.8. The maximum absolute atomic E-state index is 9.10. The van der Waals surface area contributed by atoms with Crippen molar-refractivity contribution < 1.29 is 48.2 Å². The molecular weight excluding hydrogens is 596 g/mol. The smallest absolute Gasteiger partial charge is 0.414 e. The molecule has 0 aliphatic heterocycles. The molecule has 46 heavy (non-hydrogen) atoms. The lowest BCUT2D eigenvalue weighted by atomic mass is 9.93. The van der Waals surface area contributed by atoms with Crippen LogP contribution in [0, 0.1) is 0 Å². The van der Waals surface area contributed by atoms with Crippen LogP contribution in [-0.2, 0) is 19.1 Å². The largest absolute Gasteiger partial charge is 0.493 e. The molecule has 0 spiro atoms. The normalized spacial score (nSPS) is 22.0. The van der Waals surface area contributed by atoms with Crippen LogP contribution in [0.1, 0.15) is 88.5 Å². The van der Waals surface area contributed by atoms with Crippen LogP contribution < -0.4 is 30.4 Å².